The Morgan fingerprint density at radius 2 is 2.10 bits per heavy atom. The highest BCUT2D eigenvalue weighted by Gasteiger charge is 2.05. The Morgan fingerprint density at radius 1 is 1.24 bits per heavy atom. The lowest BCUT2D eigenvalue weighted by Gasteiger charge is -2.08. The number of fused-ring (bicyclic) bond motifs is 1. The Kier molecular flexibility index (Phi) is 4.17. The van der Waals surface area contributed by atoms with Crippen LogP contribution in [-0.2, 0) is 13.0 Å². The van der Waals surface area contributed by atoms with Gasteiger partial charge in [0.15, 0.2) is 11.5 Å². The van der Waals surface area contributed by atoms with E-state index in [1.165, 1.54) is 0 Å². The van der Waals surface area contributed by atoms with Crippen molar-refractivity contribution in [3.8, 4) is 0 Å². The molecule has 0 saturated carbocycles. The SMILES string of the molecule is CCc1nc2cc(NCc3ccc(Cl)cc3Br)ccc2o1. The Morgan fingerprint density at radius 3 is 2.86 bits per heavy atom. The summed E-state index contributed by atoms with van der Waals surface area (Å²) in [6, 6.07) is 11.7. The molecular formula is C16H14BrClN2O. The van der Waals surface area contributed by atoms with Crippen molar-refractivity contribution in [2.75, 3.05) is 5.32 Å². The van der Waals surface area contributed by atoms with Crippen molar-refractivity contribution in [2.45, 2.75) is 19.9 Å². The lowest BCUT2D eigenvalue weighted by atomic mass is 10.2. The molecule has 0 fully saturated rings. The molecule has 1 heterocycles. The molecule has 0 aliphatic heterocycles. The summed E-state index contributed by atoms with van der Waals surface area (Å²) in [6.07, 6.45) is 0.801. The number of hydrogen-bond donors (Lipinski definition) is 1. The molecule has 3 nitrogen and oxygen atoms in total. The molecule has 3 aromatic rings. The maximum absolute atomic E-state index is 5.95. The van der Waals surface area contributed by atoms with Crippen molar-refractivity contribution in [3.05, 3.63) is 57.3 Å². The number of aromatic nitrogens is 1. The molecule has 0 atom stereocenters. The number of nitrogens with zero attached hydrogens (tertiary/aromatic N) is 1. The van der Waals surface area contributed by atoms with Crippen LogP contribution in [0.25, 0.3) is 11.1 Å². The fourth-order valence-electron chi connectivity index (χ4n) is 2.10. The first-order valence-corrected chi connectivity index (χ1v) is 7.90. The van der Waals surface area contributed by atoms with Crippen LogP contribution < -0.4 is 5.32 Å². The molecule has 0 saturated heterocycles. The zero-order chi connectivity index (χ0) is 14.8. The first kappa shape index (κ1) is 14.4. The fourth-order valence-corrected chi connectivity index (χ4v) is 2.92. The molecule has 5 heteroatoms. The Hall–Kier alpha value is -1.52. The van der Waals surface area contributed by atoms with Gasteiger partial charge in [-0.2, -0.15) is 0 Å². The van der Waals surface area contributed by atoms with Crippen LogP contribution in [-0.4, -0.2) is 4.98 Å². The zero-order valence-electron chi connectivity index (χ0n) is 11.5. The normalized spacial score (nSPS) is 11.0. The quantitative estimate of drug-likeness (QED) is 0.671. The van der Waals surface area contributed by atoms with Gasteiger partial charge in [0.1, 0.15) is 5.52 Å². The predicted octanol–water partition coefficient (Wildman–Crippen LogP) is 5.42. The third kappa shape index (κ3) is 3.22. The molecule has 0 bridgehead atoms. The largest absolute Gasteiger partial charge is 0.441 e. The number of aryl methyl sites for hydroxylation is 1. The van der Waals surface area contributed by atoms with Crippen LogP contribution >= 0.6 is 27.5 Å². The van der Waals surface area contributed by atoms with E-state index in [0.29, 0.717) is 6.54 Å². The molecular weight excluding hydrogens is 352 g/mol. The van der Waals surface area contributed by atoms with E-state index >= 15 is 0 Å². The number of hydrogen-bond acceptors (Lipinski definition) is 3. The van der Waals surface area contributed by atoms with Crippen molar-refractivity contribution in [2.24, 2.45) is 0 Å². The highest BCUT2D eigenvalue weighted by atomic mass is 79.9. The van der Waals surface area contributed by atoms with Crippen LogP contribution in [0.5, 0.6) is 0 Å². The van der Waals surface area contributed by atoms with Crippen molar-refractivity contribution < 1.29 is 4.42 Å². The number of benzene rings is 2. The second-order valence-corrected chi connectivity index (χ2v) is 6.02. The third-order valence-corrected chi connectivity index (χ3v) is 4.21. The number of nitrogens with one attached hydrogen (secondary N) is 1. The van der Waals surface area contributed by atoms with Gasteiger partial charge in [-0.15, -0.1) is 0 Å². The number of oxazole rings is 1. The fraction of sp³-hybridized carbons (Fsp3) is 0.188. The molecule has 1 aromatic heterocycles. The van der Waals surface area contributed by atoms with E-state index in [1.807, 2.05) is 43.3 Å². The van der Waals surface area contributed by atoms with Gasteiger partial charge >= 0.3 is 0 Å². The topological polar surface area (TPSA) is 38.1 Å². The smallest absolute Gasteiger partial charge is 0.195 e. The zero-order valence-corrected chi connectivity index (χ0v) is 13.8. The van der Waals surface area contributed by atoms with E-state index in [2.05, 4.69) is 26.2 Å². The third-order valence-electron chi connectivity index (χ3n) is 3.23. The Bertz CT molecular complexity index is 785. The summed E-state index contributed by atoms with van der Waals surface area (Å²) >= 11 is 9.47. The lowest BCUT2D eigenvalue weighted by molar-refractivity contribution is 0.538. The van der Waals surface area contributed by atoms with Gasteiger partial charge in [0.05, 0.1) is 0 Å². The van der Waals surface area contributed by atoms with Crippen LogP contribution in [0.15, 0.2) is 45.3 Å². The molecule has 2 aromatic carbocycles. The molecule has 0 radical (unpaired) electrons. The van der Waals surface area contributed by atoms with Gasteiger partial charge in [-0.1, -0.05) is 40.5 Å². The van der Waals surface area contributed by atoms with Gasteiger partial charge in [-0.05, 0) is 35.9 Å². The summed E-state index contributed by atoms with van der Waals surface area (Å²) in [6.45, 7) is 2.74. The van der Waals surface area contributed by atoms with Crippen LogP contribution in [0.3, 0.4) is 0 Å². The Balaban J connectivity index is 1.78. The standard InChI is InChI=1S/C16H14BrClN2O/c1-2-16-20-14-8-12(5-6-15(14)21-16)19-9-10-3-4-11(18)7-13(10)17/h3-8,19H,2,9H2,1H3. The molecule has 0 aliphatic rings. The predicted molar refractivity (Wildman–Crippen MR) is 89.9 cm³/mol. The minimum absolute atomic E-state index is 0.710. The molecule has 3 rings (SSSR count). The van der Waals surface area contributed by atoms with Crippen LogP contribution in [0.2, 0.25) is 5.02 Å². The maximum atomic E-state index is 5.95. The summed E-state index contributed by atoms with van der Waals surface area (Å²) in [4.78, 5) is 4.44. The molecule has 0 amide bonds. The second-order valence-electron chi connectivity index (χ2n) is 4.73. The van der Waals surface area contributed by atoms with E-state index < -0.39 is 0 Å². The van der Waals surface area contributed by atoms with Crippen molar-refractivity contribution in [3.63, 3.8) is 0 Å². The Labute approximate surface area is 136 Å². The van der Waals surface area contributed by atoms with Crippen LogP contribution in [0, 0.1) is 0 Å². The van der Waals surface area contributed by atoms with Gasteiger partial charge < -0.3 is 9.73 Å². The first-order chi connectivity index (χ1) is 10.2. The monoisotopic (exact) mass is 364 g/mol. The van der Waals surface area contributed by atoms with Crippen molar-refractivity contribution in [1.82, 2.24) is 4.98 Å². The van der Waals surface area contributed by atoms with Gasteiger partial charge in [0.25, 0.3) is 0 Å². The van der Waals surface area contributed by atoms with Gasteiger partial charge in [-0.3, -0.25) is 0 Å². The molecule has 0 unspecified atom stereocenters. The highest BCUT2D eigenvalue weighted by Crippen LogP contribution is 2.24. The summed E-state index contributed by atoms with van der Waals surface area (Å²) in [5, 5.41) is 4.11. The highest BCUT2D eigenvalue weighted by molar-refractivity contribution is 9.10. The summed E-state index contributed by atoms with van der Waals surface area (Å²) in [5.41, 5.74) is 3.87. The number of anilines is 1. The minimum atomic E-state index is 0.710. The summed E-state index contributed by atoms with van der Waals surface area (Å²) < 4.78 is 6.60. The molecule has 0 aliphatic carbocycles. The summed E-state index contributed by atoms with van der Waals surface area (Å²) in [7, 11) is 0. The number of rotatable bonds is 4. The average Bonchev–Trinajstić information content (AvgIpc) is 2.88. The van der Waals surface area contributed by atoms with Crippen molar-refractivity contribution in [1.29, 1.82) is 0 Å². The van der Waals surface area contributed by atoms with E-state index in [9.17, 15) is 0 Å². The van der Waals surface area contributed by atoms with Crippen molar-refractivity contribution >= 4 is 44.3 Å². The van der Waals surface area contributed by atoms with E-state index in [0.717, 1.165) is 44.2 Å². The molecule has 108 valence electrons. The van der Waals surface area contributed by atoms with Crippen LogP contribution in [0.1, 0.15) is 18.4 Å². The van der Waals surface area contributed by atoms with Gasteiger partial charge in [0, 0.05) is 28.1 Å². The van der Waals surface area contributed by atoms with Gasteiger partial charge in [0.2, 0.25) is 0 Å². The summed E-state index contributed by atoms with van der Waals surface area (Å²) in [5.74, 6) is 0.766. The van der Waals surface area contributed by atoms with Gasteiger partial charge in [-0.25, -0.2) is 4.98 Å². The maximum Gasteiger partial charge on any atom is 0.195 e. The van der Waals surface area contributed by atoms with Crippen LogP contribution in [0.4, 0.5) is 5.69 Å². The van der Waals surface area contributed by atoms with E-state index in [-0.39, 0.29) is 0 Å². The number of halogens is 2. The van der Waals surface area contributed by atoms with E-state index in [1.54, 1.807) is 0 Å². The lowest BCUT2D eigenvalue weighted by Crippen LogP contribution is -2.00. The second kappa shape index (κ2) is 6.08. The molecule has 0 spiro atoms. The molecule has 21 heavy (non-hydrogen) atoms. The average molecular weight is 366 g/mol. The minimum Gasteiger partial charge on any atom is -0.441 e. The van der Waals surface area contributed by atoms with E-state index in [4.69, 9.17) is 16.0 Å². The first-order valence-electron chi connectivity index (χ1n) is 6.73. The molecule has 1 N–H and O–H groups in total.